The van der Waals surface area contributed by atoms with E-state index < -0.39 is 0 Å². The van der Waals surface area contributed by atoms with Crippen LogP contribution in [0, 0.1) is 12.8 Å². The molecule has 2 aromatic rings. The summed E-state index contributed by atoms with van der Waals surface area (Å²) in [5.41, 5.74) is 3.20. The molecule has 32 heavy (non-hydrogen) atoms. The van der Waals surface area contributed by atoms with Crippen molar-refractivity contribution in [3.63, 3.8) is 0 Å². The number of hydrogen-bond acceptors (Lipinski definition) is 5. The number of para-hydroxylation sites is 1. The number of piperidine rings is 1. The Bertz CT molecular complexity index is 917. The van der Waals surface area contributed by atoms with Gasteiger partial charge in [-0.3, -0.25) is 14.5 Å². The number of rotatable bonds is 7. The van der Waals surface area contributed by atoms with Crippen molar-refractivity contribution in [1.82, 2.24) is 10.2 Å². The van der Waals surface area contributed by atoms with E-state index in [0.717, 1.165) is 31.5 Å². The predicted octanol–water partition coefficient (Wildman–Crippen LogP) is 2.95. The van der Waals surface area contributed by atoms with Gasteiger partial charge in [-0.05, 0) is 50.6 Å². The van der Waals surface area contributed by atoms with Gasteiger partial charge in [-0.2, -0.15) is 0 Å². The van der Waals surface area contributed by atoms with Gasteiger partial charge in [0.1, 0.15) is 0 Å². The molecule has 2 N–H and O–H groups in total. The number of likely N-dealkylation sites (tertiary alicyclic amines) is 1. The maximum absolute atomic E-state index is 12.7. The molecule has 2 amide bonds. The van der Waals surface area contributed by atoms with Crippen LogP contribution in [0.4, 0.5) is 5.69 Å². The molecule has 4 rings (SSSR count). The van der Waals surface area contributed by atoms with Gasteiger partial charge in [-0.25, -0.2) is 0 Å². The van der Waals surface area contributed by atoms with Gasteiger partial charge in [0.25, 0.3) is 5.91 Å². The summed E-state index contributed by atoms with van der Waals surface area (Å²) in [5, 5.41) is 5.86. The SMILES string of the molecule is Cc1ccc(CNC(=O)c2ccccc2NC(=O)CN2CCC(C3OCCO3)CC2)cc1. The molecule has 0 atom stereocenters. The first-order chi connectivity index (χ1) is 15.6. The van der Waals surface area contributed by atoms with Crippen molar-refractivity contribution >= 4 is 17.5 Å². The van der Waals surface area contributed by atoms with E-state index in [1.54, 1.807) is 18.2 Å². The third-order valence-corrected chi connectivity index (χ3v) is 6.05. The zero-order valence-corrected chi connectivity index (χ0v) is 18.5. The molecule has 170 valence electrons. The fourth-order valence-electron chi connectivity index (χ4n) is 4.20. The Balaban J connectivity index is 1.28. The number of carbonyl (C=O) groups excluding carboxylic acids is 2. The zero-order chi connectivity index (χ0) is 22.3. The number of anilines is 1. The van der Waals surface area contributed by atoms with Gasteiger partial charge in [0.15, 0.2) is 6.29 Å². The quantitative estimate of drug-likeness (QED) is 0.696. The van der Waals surface area contributed by atoms with Crippen LogP contribution in [0.3, 0.4) is 0 Å². The lowest BCUT2D eigenvalue weighted by Gasteiger charge is -2.33. The topological polar surface area (TPSA) is 79.9 Å². The van der Waals surface area contributed by atoms with Gasteiger partial charge in [0, 0.05) is 12.5 Å². The minimum atomic E-state index is -0.209. The van der Waals surface area contributed by atoms with Crippen LogP contribution in [-0.2, 0) is 20.8 Å². The second kappa shape index (κ2) is 10.7. The van der Waals surface area contributed by atoms with E-state index in [-0.39, 0.29) is 18.1 Å². The molecule has 0 aromatic heterocycles. The number of hydrogen-bond donors (Lipinski definition) is 2. The minimum Gasteiger partial charge on any atom is -0.350 e. The number of carbonyl (C=O) groups is 2. The second-order valence-electron chi connectivity index (χ2n) is 8.49. The summed E-state index contributed by atoms with van der Waals surface area (Å²) in [7, 11) is 0. The molecule has 7 nitrogen and oxygen atoms in total. The number of nitrogens with one attached hydrogen (secondary N) is 2. The van der Waals surface area contributed by atoms with E-state index in [2.05, 4.69) is 15.5 Å². The predicted molar refractivity (Wildman–Crippen MR) is 122 cm³/mol. The molecule has 2 aromatic carbocycles. The Morgan fingerprint density at radius 3 is 2.41 bits per heavy atom. The molecule has 2 aliphatic heterocycles. The Morgan fingerprint density at radius 2 is 1.69 bits per heavy atom. The van der Waals surface area contributed by atoms with Gasteiger partial charge in [-0.1, -0.05) is 42.0 Å². The van der Waals surface area contributed by atoms with Crippen LogP contribution in [-0.4, -0.2) is 55.9 Å². The zero-order valence-electron chi connectivity index (χ0n) is 18.5. The van der Waals surface area contributed by atoms with Crippen LogP contribution in [0.15, 0.2) is 48.5 Å². The first-order valence-corrected chi connectivity index (χ1v) is 11.3. The highest BCUT2D eigenvalue weighted by Gasteiger charge is 2.30. The van der Waals surface area contributed by atoms with Gasteiger partial charge >= 0.3 is 0 Å². The maximum Gasteiger partial charge on any atom is 0.253 e. The Morgan fingerprint density at radius 1 is 1.00 bits per heavy atom. The largest absolute Gasteiger partial charge is 0.350 e. The van der Waals surface area contributed by atoms with Crippen LogP contribution in [0.2, 0.25) is 0 Å². The van der Waals surface area contributed by atoms with Crippen molar-refractivity contribution in [3.8, 4) is 0 Å². The molecule has 2 aliphatic rings. The van der Waals surface area contributed by atoms with Crippen molar-refractivity contribution in [2.24, 2.45) is 5.92 Å². The molecule has 2 heterocycles. The lowest BCUT2D eigenvalue weighted by Crippen LogP contribution is -2.42. The van der Waals surface area contributed by atoms with Gasteiger partial charge in [0.2, 0.25) is 5.91 Å². The summed E-state index contributed by atoms with van der Waals surface area (Å²) in [4.78, 5) is 27.6. The van der Waals surface area contributed by atoms with Crippen LogP contribution in [0.1, 0.15) is 34.3 Å². The Labute approximate surface area is 189 Å². The van der Waals surface area contributed by atoms with Gasteiger partial charge in [0.05, 0.1) is 31.0 Å². The number of aryl methyl sites for hydroxylation is 1. The van der Waals surface area contributed by atoms with Gasteiger partial charge < -0.3 is 20.1 Å². The summed E-state index contributed by atoms with van der Waals surface area (Å²) in [6.45, 7) is 5.78. The highest BCUT2D eigenvalue weighted by Crippen LogP contribution is 2.25. The van der Waals surface area contributed by atoms with Crippen molar-refractivity contribution in [1.29, 1.82) is 0 Å². The molecular weight excluding hydrogens is 406 g/mol. The van der Waals surface area contributed by atoms with E-state index in [1.807, 2.05) is 37.3 Å². The third kappa shape index (κ3) is 5.94. The smallest absolute Gasteiger partial charge is 0.253 e. The van der Waals surface area contributed by atoms with E-state index >= 15 is 0 Å². The number of amides is 2. The molecule has 0 radical (unpaired) electrons. The molecule has 0 unspecified atom stereocenters. The molecule has 0 spiro atoms. The number of ether oxygens (including phenoxy) is 2. The standard InChI is InChI=1S/C25H31N3O4/c1-18-6-8-19(9-7-18)16-26-24(30)21-4-2-3-5-22(21)27-23(29)17-28-12-10-20(11-13-28)25-31-14-15-32-25/h2-9,20,25H,10-17H2,1H3,(H,26,30)(H,27,29). The summed E-state index contributed by atoms with van der Waals surface area (Å²) < 4.78 is 11.2. The molecule has 0 bridgehead atoms. The average Bonchev–Trinajstić information content (AvgIpc) is 3.34. The van der Waals surface area contributed by atoms with E-state index in [9.17, 15) is 9.59 Å². The van der Waals surface area contributed by atoms with E-state index in [0.29, 0.717) is 43.5 Å². The highest BCUT2D eigenvalue weighted by atomic mass is 16.7. The summed E-state index contributed by atoms with van der Waals surface area (Å²) in [6, 6.07) is 15.1. The van der Waals surface area contributed by atoms with Crippen LogP contribution < -0.4 is 10.6 Å². The average molecular weight is 438 g/mol. The first kappa shape index (κ1) is 22.5. The maximum atomic E-state index is 12.7. The normalized spacial score (nSPS) is 17.9. The van der Waals surface area contributed by atoms with E-state index in [1.165, 1.54) is 5.56 Å². The third-order valence-electron chi connectivity index (χ3n) is 6.05. The molecule has 7 heteroatoms. The van der Waals surface area contributed by atoms with Crippen molar-refractivity contribution in [3.05, 3.63) is 65.2 Å². The molecular formula is C25H31N3O4. The van der Waals surface area contributed by atoms with E-state index in [4.69, 9.17) is 9.47 Å². The molecule has 0 aliphatic carbocycles. The van der Waals surface area contributed by atoms with Crippen molar-refractivity contribution in [2.75, 3.05) is 38.2 Å². The summed E-state index contributed by atoms with van der Waals surface area (Å²) in [6.07, 6.45) is 1.82. The Hall–Kier alpha value is -2.74. The molecule has 2 fully saturated rings. The monoisotopic (exact) mass is 437 g/mol. The lowest BCUT2D eigenvalue weighted by atomic mass is 9.96. The minimum absolute atomic E-state index is 0.0868. The van der Waals surface area contributed by atoms with Crippen molar-refractivity contribution in [2.45, 2.75) is 32.6 Å². The fourth-order valence-corrected chi connectivity index (χ4v) is 4.20. The Kier molecular flexibility index (Phi) is 7.52. The van der Waals surface area contributed by atoms with Crippen molar-refractivity contribution < 1.29 is 19.1 Å². The number of benzene rings is 2. The van der Waals surface area contributed by atoms with Gasteiger partial charge in [-0.15, -0.1) is 0 Å². The summed E-state index contributed by atoms with van der Waals surface area (Å²) in [5.74, 6) is 0.0733. The lowest BCUT2D eigenvalue weighted by molar-refractivity contribution is -0.119. The summed E-state index contributed by atoms with van der Waals surface area (Å²) >= 11 is 0. The molecule has 2 saturated heterocycles. The first-order valence-electron chi connectivity index (χ1n) is 11.3. The van der Waals surface area contributed by atoms with Crippen LogP contribution in [0.5, 0.6) is 0 Å². The highest BCUT2D eigenvalue weighted by molar-refractivity contribution is 6.04. The molecule has 0 saturated carbocycles. The second-order valence-corrected chi connectivity index (χ2v) is 8.49. The fraction of sp³-hybridized carbons (Fsp3) is 0.440. The van der Waals surface area contributed by atoms with Crippen LogP contribution in [0.25, 0.3) is 0 Å². The van der Waals surface area contributed by atoms with Crippen LogP contribution >= 0.6 is 0 Å². The number of nitrogens with zero attached hydrogens (tertiary/aromatic N) is 1.